The highest BCUT2D eigenvalue weighted by molar-refractivity contribution is 9.10. The molecule has 0 aliphatic heterocycles. The minimum Gasteiger partial charge on any atom is -0.497 e. The van der Waals surface area contributed by atoms with Crippen molar-refractivity contribution in [2.45, 2.75) is 0 Å². The Kier molecular flexibility index (Phi) is 4.63. The van der Waals surface area contributed by atoms with Gasteiger partial charge in [0, 0.05) is 16.7 Å². The minimum absolute atomic E-state index is 0.811. The van der Waals surface area contributed by atoms with Gasteiger partial charge in [-0.25, -0.2) is 0 Å². The van der Waals surface area contributed by atoms with Gasteiger partial charge in [0.1, 0.15) is 17.3 Å². The number of ether oxygens (including phenoxy) is 1. The molecule has 0 saturated heterocycles. The zero-order valence-electron chi connectivity index (χ0n) is 14.3. The number of hydrogen-bond acceptors (Lipinski definition) is 2. The van der Waals surface area contributed by atoms with E-state index in [1.165, 1.54) is 0 Å². The monoisotopic (exact) mass is 404 g/mol. The van der Waals surface area contributed by atoms with Crippen molar-refractivity contribution in [2.24, 2.45) is 0 Å². The lowest BCUT2D eigenvalue weighted by molar-refractivity contribution is 0.415. The fourth-order valence-electron chi connectivity index (χ4n) is 2.99. The lowest BCUT2D eigenvalue weighted by atomic mass is 10.0. The van der Waals surface area contributed by atoms with E-state index in [4.69, 9.17) is 9.15 Å². The van der Waals surface area contributed by atoms with Gasteiger partial charge in [-0.3, -0.25) is 0 Å². The summed E-state index contributed by atoms with van der Waals surface area (Å²) >= 11 is 3.78. The Hall–Kier alpha value is -2.78. The molecule has 0 spiro atoms. The second kappa shape index (κ2) is 7.22. The third kappa shape index (κ3) is 3.06. The summed E-state index contributed by atoms with van der Waals surface area (Å²) in [5.41, 5.74) is 4.22. The summed E-state index contributed by atoms with van der Waals surface area (Å²) in [5, 5.41) is 0. The van der Waals surface area contributed by atoms with Crippen molar-refractivity contribution in [3.63, 3.8) is 0 Å². The summed E-state index contributed by atoms with van der Waals surface area (Å²) in [4.78, 5) is 0. The first-order chi connectivity index (χ1) is 12.8. The average molecular weight is 405 g/mol. The Morgan fingerprint density at radius 2 is 1.19 bits per heavy atom. The van der Waals surface area contributed by atoms with Gasteiger partial charge >= 0.3 is 0 Å². The van der Waals surface area contributed by atoms with E-state index in [0.717, 1.165) is 44.0 Å². The van der Waals surface area contributed by atoms with Crippen molar-refractivity contribution in [3.05, 3.63) is 89.4 Å². The highest BCUT2D eigenvalue weighted by atomic mass is 79.9. The molecule has 0 aliphatic carbocycles. The second-order valence-corrected chi connectivity index (χ2v) is 6.70. The summed E-state index contributed by atoms with van der Waals surface area (Å²) in [7, 11) is 1.67. The largest absolute Gasteiger partial charge is 0.497 e. The molecule has 0 radical (unpaired) electrons. The molecular weight excluding hydrogens is 388 g/mol. The number of furan rings is 1. The fraction of sp³-hybridized carbons (Fsp3) is 0.0435. The van der Waals surface area contributed by atoms with Crippen molar-refractivity contribution in [2.75, 3.05) is 7.11 Å². The smallest absolute Gasteiger partial charge is 0.149 e. The van der Waals surface area contributed by atoms with Crippen LogP contribution in [0.2, 0.25) is 0 Å². The molecule has 0 unspecified atom stereocenters. The van der Waals surface area contributed by atoms with Gasteiger partial charge in [-0.05, 0) is 45.8 Å². The van der Waals surface area contributed by atoms with Gasteiger partial charge < -0.3 is 9.15 Å². The molecule has 4 aromatic rings. The number of rotatable bonds is 4. The maximum Gasteiger partial charge on any atom is 0.149 e. The molecule has 4 rings (SSSR count). The topological polar surface area (TPSA) is 22.4 Å². The SMILES string of the molecule is COc1ccc(-c2oc(-c3ccccc3)c(-c3ccccc3)c2Br)cc1. The predicted molar refractivity (Wildman–Crippen MR) is 109 cm³/mol. The molecule has 1 aromatic heterocycles. The molecule has 0 atom stereocenters. The maximum absolute atomic E-state index is 6.36. The Morgan fingerprint density at radius 1 is 0.654 bits per heavy atom. The molecule has 26 heavy (non-hydrogen) atoms. The Balaban J connectivity index is 1.93. The summed E-state index contributed by atoms with van der Waals surface area (Å²) in [5.74, 6) is 2.49. The number of halogens is 1. The molecule has 128 valence electrons. The summed E-state index contributed by atoms with van der Waals surface area (Å²) in [6, 6.07) is 28.4. The Labute approximate surface area is 161 Å². The molecule has 0 aliphatic rings. The van der Waals surface area contributed by atoms with E-state index in [-0.39, 0.29) is 0 Å². The minimum atomic E-state index is 0.811. The lowest BCUT2D eigenvalue weighted by Crippen LogP contribution is -1.82. The van der Waals surface area contributed by atoms with Crippen LogP contribution in [0.1, 0.15) is 0 Å². The van der Waals surface area contributed by atoms with Crippen LogP contribution in [0.5, 0.6) is 5.75 Å². The van der Waals surface area contributed by atoms with E-state index in [1.807, 2.05) is 60.7 Å². The molecule has 0 saturated carbocycles. The van der Waals surface area contributed by atoms with Crippen molar-refractivity contribution in [1.29, 1.82) is 0 Å². The van der Waals surface area contributed by atoms with Gasteiger partial charge in [-0.1, -0.05) is 60.7 Å². The molecule has 0 fully saturated rings. The van der Waals surface area contributed by atoms with E-state index >= 15 is 0 Å². The van der Waals surface area contributed by atoms with Crippen molar-refractivity contribution in [3.8, 4) is 39.5 Å². The van der Waals surface area contributed by atoms with E-state index < -0.39 is 0 Å². The average Bonchev–Trinajstić information content (AvgIpc) is 3.06. The number of methoxy groups -OCH3 is 1. The first-order valence-electron chi connectivity index (χ1n) is 8.35. The van der Waals surface area contributed by atoms with Crippen LogP contribution in [0, 0.1) is 0 Å². The van der Waals surface area contributed by atoms with Gasteiger partial charge in [0.05, 0.1) is 11.6 Å². The standard InChI is InChI=1S/C23H17BrO2/c1-25-19-14-12-18(13-15-19)23-21(24)20(16-8-4-2-5-9-16)22(26-23)17-10-6-3-7-11-17/h2-15H,1H3. The van der Waals surface area contributed by atoms with Crippen molar-refractivity contribution in [1.82, 2.24) is 0 Å². The Bertz CT molecular complexity index is 1000. The van der Waals surface area contributed by atoms with Crippen LogP contribution >= 0.6 is 15.9 Å². The van der Waals surface area contributed by atoms with Gasteiger partial charge in [0.25, 0.3) is 0 Å². The van der Waals surface area contributed by atoms with Crippen LogP contribution in [-0.2, 0) is 0 Å². The van der Waals surface area contributed by atoms with Gasteiger partial charge in [0.15, 0.2) is 0 Å². The fourth-order valence-corrected chi connectivity index (χ4v) is 3.71. The van der Waals surface area contributed by atoms with Crippen molar-refractivity contribution < 1.29 is 9.15 Å². The summed E-state index contributed by atoms with van der Waals surface area (Å²) in [6.45, 7) is 0. The van der Waals surface area contributed by atoms with Crippen LogP contribution in [0.4, 0.5) is 0 Å². The van der Waals surface area contributed by atoms with Crippen LogP contribution in [-0.4, -0.2) is 7.11 Å². The molecule has 0 N–H and O–H groups in total. The molecule has 0 amide bonds. The predicted octanol–water partition coefficient (Wildman–Crippen LogP) is 7.05. The van der Waals surface area contributed by atoms with Crippen LogP contribution in [0.15, 0.2) is 93.8 Å². The van der Waals surface area contributed by atoms with Gasteiger partial charge in [0.2, 0.25) is 0 Å². The van der Waals surface area contributed by atoms with E-state index in [0.29, 0.717) is 0 Å². The summed E-state index contributed by atoms with van der Waals surface area (Å²) < 4.78 is 12.6. The van der Waals surface area contributed by atoms with Crippen molar-refractivity contribution >= 4 is 15.9 Å². The maximum atomic E-state index is 6.36. The highest BCUT2D eigenvalue weighted by Crippen LogP contribution is 2.46. The van der Waals surface area contributed by atoms with Gasteiger partial charge in [-0.15, -0.1) is 0 Å². The van der Waals surface area contributed by atoms with Crippen LogP contribution < -0.4 is 4.74 Å². The van der Waals surface area contributed by atoms with Crippen LogP contribution in [0.25, 0.3) is 33.8 Å². The summed E-state index contributed by atoms with van der Waals surface area (Å²) in [6.07, 6.45) is 0. The van der Waals surface area contributed by atoms with Gasteiger partial charge in [-0.2, -0.15) is 0 Å². The first-order valence-corrected chi connectivity index (χ1v) is 9.15. The first kappa shape index (κ1) is 16.7. The number of hydrogen-bond donors (Lipinski definition) is 0. The second-order valence-electron chi connectivity index (χ2n) is 5.91. The zero-order valence-corrected chi connectivity index (χ0v) is 15.9. The highest BCUT2D eigenvalue weighted by Gasteiger charge is 2.22. The molecule has 0 bridgehead atoms. The molecule has 1 heterocycles. The quantitative estimate of drug-likeness (QED) is 0.363. The third-order valence-electron chi connectivity index (χ3n) is 4.30. The molecule has 2 nitrogen and oxygen atoms in total. The normalized spacial score (nSPS) is 10.7. The molecular formula is C23H17BrO2. The number of benzene rings is 3. The lowest BCUT2D eigenvalue weighted by Gasteiger charge is -2.03. The molecule has 3 aromatic carbocycles. The molecule has 3 heteroatoms. The van der Waals surface area contributed by atoms with E-state index in [1.54, 1.807) is 7.11 Å². The van der Waals surface area contributed by atoms with E-state index in [9.17, 15) is 0 Å². The Morgan fingerprint density at radius 3 is 1.77 bits per heavy atom. The van der Waals surface area contributed by atoms with Crippen LogP contribution in [0.3, 0.4) is 0 Å². The van der Waals surface area contributed by atoms with E-state index in [2.05, 4.69) is 40.2 Å². The third-order valence-corrected chi connectivity index (χ3v) is 5.06. The zero-order chi connectivity index (χ0) is 17.9.